The van der Waals surface area contributed by atoms with Crippen molar-refractivity contribution in [2.45, 2.75) is 64.1 Å². The highest BCUT2D eigenvalue weighted by molar-refractivity contribution is 6.18. The number of carbonyl (C=O) groups excluding carboxylic acids is 3. The number of alkyl halides is 2. The summed E-state index contributed by atoms with van der Waals surface area (Å²) in [5, 5.41) is 8.87. The number of nitrogens with zero attached hydrogens (tertiary/aromatic N) is 1. The highest BCUT2D eigenvalue weighted by atomic mass is 35.5. The van der Waals surface area contributed by atoms with E-state index >= 15 is 0 Å². The average molecular weight is 530 g/mol. The normalized spacial score (nSPS) is 16.9. The molecule has 1 aromatic carbocycles. The van der Waals surface area contributed by atoms with Crippen molar-refractivity contribution in [1.82, 2.24) is 16.0 Å². The Hall–Kier alpha value is -2.03. The molecule has 2 amide bonds. The number of rotatable bonds is 15. The van der Waals surface area contributed by atoms with Crippen LogP contribution < -0.4 is 20.9 Å². The van der Waals surface area contributed by atoms with Crippen LogP contribution in [0, 0.1) is 0 Å². The van der Waals surface area contributed by atoms with Crippen LogP contribution in [0.25, 0.3) is 0 Å². The van der Waals surface area contributed by atoms with Crippen LogP contribution in [-0.4, -0.2) is 73.9 Å². The third-order valence-electron chi connectivity index (χ3n) is 5.90. The SMILES string of the molecule is CCC[C@H](NC(=O)[C@H](Cc1cccc(N(CCCl)CCCl)c1)NC(=O)[C@H]1CCCN1)C(=O)OCC. The molecule has 1 heterocycles. The molecule has 3 atom stereocenters. The largest absolute Gasteiger partial charge is 0.464 e. The molecular weight excluding hydrogens is 491 g/mol. The lowest BCUT2D eigenvalue weighted by Gasteiger charge is -2.25. The van der Waals surface area contributed by atoms with E-state index in [1.165, 1.54) is 0 Å². The molecule has 0 radical (unpaired) electrons. The second kappa shape index (κ2) is 15.9. The van der Waals surface area contributed by atoms with Crippen molar-refractivity contribution in [2.75, 3.05) is 42.9 Å². The zero-order valence-corrected chi connectivity index (χ0v) is 22.2. The molecule has 0 saturated carbocycles. The van der Waals surface area contributed by atoms with Gasteiger partial charge in [0.05, 0.1) is 12.6 Å². The van der Waals surface area contributed by atoms with Crippen LogP contribution >= 0.6 is 23.2 Å². The number of esters is 1. The van der Waals surface area contributed by atoms with E-state index in [0.29, 0.717) is 37.7 Å². The van der Waals surface area contributed by atoms with Crippen molar-refractivity contribution in [2.24, 2.45) is 0 Å². The van der Waals surface area contributed by atoms with Gasteiger partial charge in [0.25, 0.3) is 0 Å². The number of ether oxygens (including phenoxy) is 1. The second-order valence-corrected chi connectivity index (χ2v) is 9.31. The fraction of sp³-hybridized carbons (Fsp3) is 0.640. The topological polar surface area (TPSA) is 99.8 Å². The first-order valence-corrected chi connectivity index (χ1v) is 13.5. The van der Waals surface area contributed by atoms with E-state index in [-0.39, 0.29) is 25.0 Å². The van der Waals surface area contributed by atoms with Gasteiger partial charge in [0, 0.05) is 37.0 Å². The maximum absolute atomic E-state index is 13.3. The van der Waals surface area contributed by atoms with Gasteiger partial charge < -0.3 is 25.6 Å². The third kappa shape index (κ3) is 9.50. The number of amides is 2. The van der Waals surface area contributed by atoms with E-state index < -0.39 is 24.0 Å². The first-order valence-electron chi connectivity index (χ1n) is 12.4. The lowest BCUT2D eigenvalue weighted by Crippen LogP contribution is -2.55. The summed E-state index contributed by atoms with van der Waals surface area (Å²) in [4.78, 5) is 40.6. The van der Waals surface area contributed by atoms with Crippen LogP contribution in [0.15, 0.2) is 24.3 Å². The molecule has 0 aromatic heterocycles. The van der Waals surface area contributed by atoms with Gasteiger partial charge in [-0.3, -0.25) is 9.59 Å². The van der Waals surface area contributed by atoms with Crippen molar-refractivity contribution in [3.05, 3.63) is 29.8 Å². The fourth-order valence-electron chi connectivity index (χ4n) is 4.13. The number of carbonyl (C=O) groups is 3. The first kappa shape index (κ1) is 29.2. The fourth-order valence-corrected chi connectivity index (χ4v) is 4.54. The summed E-state index contributed by atoms with van der Waals surface area (Å²) in [6.07, 6.45) is 3.07. The van der Waals surface area contributed by atoms with Crippen LogP contribution in [0.5, 0.6) is 0 Å². The summed E-state index contributed by atoms with van der Waals surface area (Å²) in [6.45, 7) is 5.95. The Bertz CT molecular complexity index is 814. The Balaban J connectivity index is 2.23. The molecule has 0 unspecified atom stereocenters. The predicted octanol–water partition coefficient (Wildman–Crippen LogP) is 2.60. The Kier molecular flexibility index (Phi) is 13.2. The van der Waals surface area contributed by atoms with Gasteiger partial charge in [0.15, 0.2) is 0 Å². The van der Waals surface area contributed by atoms with Crippen LogP contribution in [0.3, 0.4) is 0 Å². The zero-order chi connectivity index (χ0) is 25.6. The number of nitrogens with one attached hydrogen (secondary N) is 3. The molecule has 0 spiro atoms. The molecule has 8 nitrogen and oxygen atoms in total. The van der Waals surface area contributed by atoms with Gasteiger partial charge in [-0.05, 0) is 50.4 Å². The summed E-state index contributed by atoms with van der Waals surface area (Å²) < 4.78 is 5.13. The first-order chi connectivity index (χ1) is 16.9. The number of hydrogen-bond donors (Lipinski definition) is 3. The molecule has 0 bridgehead atoms. The molecule has 1 aliphatic heterocycles. The smallest absolute Gasteiger partial charge is 0.328 e. The maximum atomic E-state index is 13.3. The van der Waals surface area contributed by atoms with E-state index in [9.17, 15) is 14.4 Å². The van der Waals surface area contributed by atoms with E-state index in [4.69, 9.17) is 27.9 Å². The third-order valence-corrected chi connectivity index (χ3v) is 6.24. The minimum absolute atomic E-state index is 0.215. The van der Waals surface area contributed by atoms with Crippen LogP contribution in [0.4, 0.5) is 5.69 Å². The molecule has 2 rings (SSSR count). The molecule has 0 aliphatic carbocycles. The molecule has 1 aromatic rings. The quantitative estimate of drug-likeness (QED) is 0.239. The monoisotopic (exact) mass is 528 g/mol. The van der Waals surface area contributed by atoms with Gasteiger partial charge >= 0.3 is 5.97 Å². The van der Waals surface area contributed by atoms with Crippen molar-refractivity contribution in [3.8, 4) is 0 Å². The van der Waals surface area contributed by atoms with Gasteiger partial charge in [-0.15, -0.1) is 23.2 Å². The number of benzene rings is 1. The van der Waals surface area contributed by atoms with Crippen molar-refractivity contribution in [1.29, 1.82) is 0 Å². The molecule has 1 saturated heterocycles. The summed E-state index contributed by atoms with van der Waals surface area (Å²) in [5.41, 5.74) is 1.82. The van der Waals surface area contributed by atoms with Gasteiger partial charge in [-0.25, -0.2) is 4.79 Å². The molecular formula is C25H38Cl2N4O4. The van der Waals surface area contributed by atoms with E-state index in [0.717, 1.165) is 30.6 Å². The zero-order valence-electron chi connectivity index (χ0n) is 20.7. The Labute approximate surface area is 218 Å². The standard InChI is InChI=1S/C25H38Cl2N4O4/c1-3-7-21(25(34)35-4-2)29-24(33)22(30-23(32)20-10-6-13-28-20)17-18-8-5-9-19(16-18)31(14-11-26)15-12-27/h5,8-9,16,20-22,28H,3-4,6-7,10-15,17H2,1-2H3,(H,29,33)(H,30,32)/t20-,21+,22+/m1/s1. The summed E-state index contributed by atoms with van der Waals surface area (Å²) >= 11 is 11.9. The van der Waals surface area contributed by atoms with Gasteiger partial charge in [-0.1, -0.05) is 25.5 Å². The minimum Gasteiger partial charge on any atom is -0.464 e. The van der Waals surface area contributed by atoms with Crippen molar-refractivity contribution >= 4 is 46.7 Å². The second-order valence-electron chi connectivity index (χ2n) is 8.55. The molecule has 10 heteroatoms. The summed E-state index contributed by atoms with van der Waals surface area (Å²) in [5.74, 6) is -0.170. The van der Waals surface area contributed by atoms with Crippen molar-refractivity contribution in [3.63, 3.8) is 0 Å². The highest BCUT2D eigenvalue weighted by Gasteiger charge is 2.30. The predicted molar refractivity (Wildman–Crippen MR) is 140 cm³/mol. The molecule has 1 aliphatic rings. The van der Waals surface area contributed by atoms with Gasteiger partial charge in [0.2, 0.25) is 11.8 Å². The summed E-state index contributed by atoms with van der Waals surface area (Å²) in [6, 6.07) is 5.85. The number of halogens is 2. The molecule has 1 fully saturated rings. The summed E-state index contributed by atoms with van der Waals surface area (Å²) in [7, 11) is 0. The molecule has 3 N–H and O–H groups in total. The van der Waals surface area contributed by atoms with Crippen LogP contribution in [0.2, 0.25) is 0 Å². The van der Waals surface area contributed by atoms with Gasteiger partial charge in [-0.2, -0.15) is 0 Å². The van der Waals surface area contributed by atoms with Crippen LogP contribution in [0.1, 0.15) is 45.1 Å². The Morgan fingerprint density at radius 2 is 1.89 bits per heavy atom. The molecule has 35 heavy (non-hydrogen) atoms. The lowest BCUT2D eigenvalue weighted by atomic mass is 10.0. The Morgan fingerprint density at radius 1 is 1.14 bits per heavy atom. The van der Waals surface area contributed by atoms with Gasteiger partial charge in [0.1, 0.15) is 12.1 Å². The maximum Gasteiger partial charge on any atom is 0.328 e. The van der Waals surface area contributed by atoms with Crippen molar-refractivity contribution < 1.29 is 19.1 Å². The lowest BCUT2D eigenvalue weighted by molar-refractivity contribution is -0.147. The average Bonchev–Trinajstić information content (AvgIpc) is 3.39. The molecule has 196 valence electrons. The van der Waals surface area contributed by atoms with Crippen LogP contribution in [-0.2, 0) is 25.5 Å². The number of hydrogen-bond acceptors (Lipinski definition) is 6. The van der Waals surface area contributed by atoms with E-state index in [1.54, 1.807) is 6.92 Å². The van der Waals surface area contributed by atoms with E-state index in [2.05, 4.69) is 20.9 Å². The van der Waals surface area contributed by atoms with E-state index in [1.807, 2.05) is 31.2 Å². The minimum atomic E-state index is -0.844. The Morgan fingerprint density at radius 3 is 2.49 bits per heavy atom. The number of anilines is 1. The highest BCUT2D eigenvalue weighted by Crippen LogP contribution is 2.18.